The van der Waals surface area contributed by atoms with Crippen molar-refractivity contribution in [3.63, 3.8) is 0 Å². The van der Waals surface area contributed by atoms with Crippen LogP contribution in [0.4, 0.5) is 4.39 Å². The Labute approximate surface area is 162 Å². The van der Waals surface area contributed by atoms with Gasteiger partial charge in [0.05, 0.1) is 5.41 Å². The third-order valence-corrected chi connectivity index (χ3v) is 5.40. The number of benzene rings is 1. The van der Waals surface area contributed by atoms with Crippen molar-refractivity contribution in [1.29, 1.82) is 0 Å². The second kappa shape index (κ2) is 7.88. The molecule has 7 heteroatoms. The van der Waals surface area contributed by atoms with Crippen molar-refractivity contribution in [1.82, 2.24) is 25.5 Å². The van der Waals surface area contributed by atoms with Gasteiger partial charge in [-0.3, -0.25) is 14.9 Å². The largest absolute Gasteiger partial charge is 0.355 e. The van der Waals surface area contributed by atoms with Gasteiger partial charge >= 0.3 is 0 Å². The first-order valence-electron chi connectivity index (χ1n) is 9.54. The van der Waals surface area contributed by atoms with E-state index in [0.29, 0.717) is 43.0 Å². The molecule has 1 aromatic carbocycles. The lowest BCUT2D eigenvalue weighted by Gasteiger charge is -2.28. The Kier molecular flexibility index (Phi) is 5.14. The Bertz CT molecular complexity index is 950. The van der Waals surface area contributed by atoms with Gasteiger partial charge in [-0.15, -0.1) is 0 Å². The van der Waals surface area contributed by atoms with E-state index in [-0.39, 0.29) is 11.7 Å². The Morgan fingerprint density at radius 2 is 1.89 bits per heavy atom. The van der Waals surface area contributed by atoms with Crippen molar-refractivity contribution < 1.29 is 9.18 Å². The number of hydrogen-bond donors (Lipinski definition) is 2. The van der Waals surface area contributed by atoms with Crippen molar-refractivity contribution >= 4 is 5.91 Å². The molecule has 1 aliphatic rings. The van der Waals surface area contributed by atoms with Crippen LogP contribution in [0.15, 0.2) is 48.8 Å². The lowest BCUT2D eigenvalue weighted by Crippen LogP contribution is -2.44. The zero-order valence-electron chi connectivity index (χ0n) is 15.5. The van der Waals surface area contributed by atoms with Crippen LogP contribution in [0.1, 0.15) is 37.1 Å². The number of halogens is 1. The van der Waals surface area contributed by atoms with Crippen LogP contribution < -0.4 is 5.32 Å². The molecule has 0 atom stereocenters. The zero-order valence-corrected chi connectivity index (χ0v) is 15.5. The van der Waals surface area contributed by atoms with Crippen LogP contribution in [0.2, 0.25) is 0 Å². The highest BCUT2D eigenvalue weighted by molar-refractivity contribution is 5.88. The van der Waals surface area contributed by atoms with Crippen molar-refractivity contribution in [2.45, 2.75) is 37.5 Å². The third-order valence-electron chi connectivity index (χ3n) is 5.40. The number of carbonyl (C=O) groups excluding carboxylic acids is 1. The summed E-state index contributed by atoms with van der Waals surface area (Å²) in [5, 5.41) is 10.1. The number of carbonyl (C=O) groups is 1. The Balaban J connectivity index is 1.41. The second-order valence-corrected chi connectivity index (χ2v) is 7.12. The minimum Gasteiger partial charge on any atom is -0.355 e. The minimum absolute atomic E-state index is 0.107. The average Bonchev–Trinajstić information content (AvgIpc) is 3.39. The van der Waals surface area contributed by atoms with Crippen LogP contribution in [0.3, 0.4) is 0 Å². The Hall–Kier alpha value is -3.09. The van der Waals surface area contributed by atoms with Gasteiger partial charge < -0.3 is 5.32 Å². The van der Waals surface area contributed by atoms with Crippen LogP contribution in [0.5, 0.6) is 0 Å². The molecule has 2 heterocycles. The number of nitrogens with zero attached hydrogens (tertiary/aromatic N) is 3. The summed E-state index contributed by atoms with van der Waals surface area (Å²) in [7, 11) is 0. The van der Waals surface area contributed by atoms with E-state index in [9.17, 15) is 9.18 Å². The van der Waals surface area contributed by atoms with Crippen molar-refractivity contribution in [2.24, 2.45) is 0 Å². The quantitative estimate of drug-likeness (QED) is 0.689. The second-order valence-electron chi connectivity index (χ2n) is 7.12. The summed E-state index contributed by atoms with van der Waals surface area (Å²) >= 11 is 0. The Morgan fingerprint density at radius 3 is 2.64 bits per heavy atom. The summed E-state index contributed by atoms with van der Waals surface area (Å²) in [5.74, 6) is 0.876. The molecule has 0 radical (unpaired) electrons. The molecule has 28 heavy (non-hydrogen) atoms. The summed E-state index contributed by atoms with van der Waals surface area (Å²) in [6.07, 6.45) is 7.11. The monoisotopic (exact) mass is 379 g/mol. The molecule has 0 bridgehead atoms. The first kappa shape index (κ1) is 18.3. The van der Waals surface area contributed by atoms with Crippen molar-refractivity contribution in [3.8, 4) is 11.4 Å². The smallest absolute Gasteiger partial charge is 0.230 e. The predicted molar refractivity (Wildman–Crippen MR) is 103 cm³/mol. The van der Waals surface area contributed by atoms with E-state index in [1.165, 1.54) is 6.07 Å². The molecule has 0 unspecified atom stereocenters. The van der Waals surface area contributed by atoms with Crippen LogP contribution >= 0.6 is 0 Å². The standard InChI is InChI=1S/C21H22FN5O/c22-17-6-2-1-5-16(17)21(10-3-4-11-21)20(28)24-14-9-18-25-19(27-26-18)15-7-12-23-13-8-15/h1-2,5-8,12-13H,3-4,9-11,14H2,(H,24,28)(H,25,26,27). The fourth-order valence-electron chi connectivity index (χ4n) is 3.95. The van der Waals surface area contributed by atoms with E-state index in [1.54, 1.807) is 30.6 Å². The van der Waals surface area contributed by atoms with Crippen molar-refractivity contribution in [2.75, 3.05) is 6.54 Å². The number of rotatable bonds is 6. The number of pyridine rings is 1. The lowest BCUT2D eigenvalue weighted by atomic mass is 9.77. The highest BCUT2D eigenvalue weighted by Gasteiger charge is 2.44. The summed E-state index contributed by atoms with van der Waals surface area (Å²) in [4.78, 5) is 21.4. The maximum atomic E-state index is 14.4. The molecular formula is C21H22FN5O. The summed E-state index contributed by atoms with van der Waals surface area (Å²) < 4.78 is 14.4. The van der Waals surface area contributed by atoms with Crippen LogP contribution in [0.25, 0.3) is 11.4 Å². The molecule has 4 rings (SSSR count). The molecule has 1 aliphatic carbocycles. The van der Waals surface area contributed by atoms with Crippen LogP contribution in [0, 0.1) is 5.82 Å². The molecule has 0 saturated heterocycles. The van der Waals surface area contributed by atoms with Crippen LogP contribution in [-0.4, -0.2) is 32.6 Å². The Morgan fingerprint density at radius 1 is 1.14 bits per heavy atom. The van der Waals surface area contributed by atoms with Gasteiger partial charge in [-0.05, 0) is 31.0 Å². The third kappa shape index (κ3) is 3.52. The molecule has 1 saturated carbocycles. The summed E-state index contributed by atoms with van der Waals surface area (Å²) in [5.41, 5.74) is 0.616. The van der Waals surface area contributed by atoms with Crippen LogP contribution in [-0.2, 0) is 16.6 Å². The number of aromatic nitrogens is 4. The summed E-state index contributed by atoms with van der Waals surface area (Å²) in [6, 6.07) is 10.3. The number of nitrogens with one attached hydrogen (secondary N) is 2. The van der Waals surface area contributed by atoms with E-state index >= 15 is 0 Å². The number of H-pyrrole nitrogens is 1. The number of aromatic amines is 1. The molecular weight excluding hydrogens is 357 g/mol. The first-order valence-corrected chi connectivity index (χ1v) is 9.54. The molecule has 2 N–H and O–H groups in total. The first-order chi connectivity index (χ1) is 13.7. The molecule has 2 aromatic heterocycles. The zero-order chi connectivity index (χ0) is 19.4. The molecule has 144 valence electrons. The summed E-state index contributed by atoms with van der Waals surface area (Å²) in [6.45, 7) is 0.417. The van der Waals surface area contributed by atoms with E-state index in [4.69, 9.17) is 0 Å². The van der Waals surface area contributed by atoms with E-state index in [2.05, 4.69) is 25.5 Å². The molecule has 1 fully saturated rings. The number of amides is 1. The van der Waals surface area contributed by atoms with Gasteiger partial charge in [0.15, 0.2) is 5.82 Å². The highest BCUT2D eigenvalue weighted by atomic mass is 19.1. The SMILES string of the molecule is O=C(NCCc1nc(-c2ccncc2)n[nH]1)C1(c2ccccc2F)CCCC1. The fraction of sp³-hybridized carbons (Fsp3) is 0.333. The topological polar surface area (TPSA) is 83.6 Å². The van der Waals surface area contributed by atoms with Gasteiger partial charge in [0.1, 0.15) is 11.6 Å². The normalized spacial score (nSPS) is 15.5. The number of hydrogen-bond acceptors (Lipinski definition) is 4. The van der Waals surface area contributed by atoms with Gasteiger partial charge in [0.25, 0.3) is 0 Å². The lowest BCUT2D eigenvalue weighted by molar-refractivity contribution is -0.126. The highest BCUT2D eigenvalue weighted by Crippen LogP contribution is 2.42. The van der Waals surface area contributed by atoms with Gasteiger partial charge in [-0.2, -0.15) is 5.10 Å². The minimum atomic E-state index is -0.769. The fourth-order valence-corrected chi connectivity index (χ4v) is 3.95. The van der Waals surface area contributed by atoms with Gasteiger partial charge in [-0.25, -0.2) is 9.37 Å². The van der Waals surface area contributed by atoms with Gasteiger partial charge in [0, 0.05) is 36.5 Å². The molecule has 0 spiro atoms. The van der Waals surface area contributed by atoms with E-state index < -0.39 is 5.41 Å². The van der Waals surface area contributed by atoms with E-state index in [1.807, 2.05) is 12.1 Å². The molecule has 0 aliphatic heterocycles. The van der Waals surface area contributed by atoms with Gasteiger partial charge in [-0.1, -0.05) is 31.0 Å². The predicted octanol–water partition coefficient (Wildman–Crippen LogP) is 3.18. The maximum Gasteiger partial charge on any atom is 0.230 e. The maximum absolute atomic E-state index is 14.4. The van der Waals surface area contributed by atoms with Crippen molar-refractivity contribution in [3.05, 3.63) is 66.0 Å². The molecule has 3 aromatic rings. The molecule has 1 amide bonds. The molecule has 6 nitrogen and oxygen atoms in total. The van der Waals surface area contributed by atoms with E-state index in [0.717, 1.165) is 18.4 Å². The van der Waals surface area contributed by atoms with Gasteiger partial charge in [0.2, 0.25) is 5.91 Å². The average molecular weight is 379 g/mol.